The first-order valence-electron chi connectivity index (χ1n) is 10.1. The second-order valence-electron chi connectivity index (χ2n) is 7.52. The smallest absolute Gasteiger partial charge is 0.326 e. The van der Waals surface area contributed by atoms with Crippen LogP contribution in [-0.4, -0.2) is 35.1 Å². The Morgan fingerprint density at radius 3 is 2.15 bits per heavy atom. The molecule has 0 aliphatic carbocycles. The summed E-state index contributed by atoms with van der Waals surface area (Å²) in [5, 5.41) is 26.7. The van der Waals surface area contributed by atoms with Crippen molar-refractivity contribution in [3.05, 3.63) is 94.0 Å². The summed E-state index contributed by atoms with van der Waals surface area (Å²) in [5.74, 6) is -1.50. The van der Waals surface area contributed by atoms with E-state index in [4.69, 9.17) is 4.74 Å². The van der Waals surface area contributed by atoms with Crippen LogP contribution in [0, 0.1) is 10.1 Å². The largest absolute Gasteiger partial charge is 0.496 e. The predicted octanol–water partition coefficient (Wildman–Crippen LogP) is 4.34. The number of nitro groups is 1. The summed E-state index contributed by atoms with van der Waals surface area (Å²) in [6, 6.07) is 19.4. The Hall–Kier alpha value is -4.46. The molecule has 1 amide bonds. The molecule has 4 aromatic carbocycles. The highest BCUT2D eigenvalue weighted by Gasteiger charge is 2.25. The van der Waals surface area contributed by atoms with E-state index >= 15 is 0 Å². The van der Waals surface area contributed by atoms with Crippen molar-refractivity contribution in [3.8, 4) is 5.75 Å². The summed E-state index contributed by atoms with van der Waals surface area (Å²) in [6.07, 6.45) is -0.186. The van der Waals surface area contributed by atoms with E-state index in [1.165, 1.54) is 25.3 Å². The van der Waals surface area contributed by atoms with Gasteiger partial charge in [-0.05, 0) is 33.7 Å². The monoisotopic (exact) mass is 444 g/mol. The Balaban J connectivity index is 1.74. The molecule has 8 nitrogen and oxygen atoms in total. The summed E-state index contributed by atoms with van der Waals surface area (Å²) in [4.78, 5) is 36.0. The van der Waals surface area contributed by atoms with Gasteiger partial charge in [0.25, 0.3) is 11.6 Å². The summed E-state index contributed by atoms with van der Waals surface area (Å²) < 4.78 is 5.24. The maximum Gasteiger partial charge on any atom is 0.326 e. The lowest BCUT2D eigenvalue weighted by molar-refractivity contribution is -0.384. The van der Waals surface area contributed by atoms with Crippen LogP contribution in [-0.2, 0) is 11.2 Å². The van der Waals surface area contributed by atoms with Crippen LogP contribution in [0.25, 0.3) is 21.5 Å². The quantitative estimate of drug-likeness (QED) is 0.249. The predicted molar refractivity (Wildman–Crippen MR) is 124 cm³/mol. The molecule has 0 spiro atoms. The zero-order chi connectivity index (χ0) is 23.5. The third kappa shape index (κ3) is 4.31. The van der Waals surface area contributed by atoms with Crippen molar-refractivity contribution in [1.29, 1.82) is 0 Å². The van der Waals surface area contributed by atoms with Gasteiger partial charge in [-0.25, -0.2) is 4.79 Å². The molecule has 0 aliphatic heterocycles. The normalized spacial score (nSPS) is 11.8. The lowest BCUT2D eigenvalue weighted by Crippen LogP contribution is -2.42. The molecule has 1 atom stereocenters. The average Bonchev–Trinajstić information content (AvgIpc) is 2.81. The Morgan fingerprint density at radius 1 is 1.00 bits per heavy atom. The number of aliphatic carboxylic acids is 1. The van der Waals surface area contributed by atoms with E-state index in [2.05, 4.69) is 5.32 Å². The number of hydrogen-bond acceptors (Lipinski definition) is 5. The van der Waals surface area contributed by atoms with Gasteiger partial charge >= 0.3 is 5.97 Å². The fourth-order valence-electron chi connectivity index (χ4n) is 3.95. The van der Waals surface area contributed by atoms with Gasteiger partial charge in [-0.3, -0.25) is 14.9 Å². The maximum absolute atomic E-state index is 13.4. The van der Waals surface area contributed by atoms with E-state index < -0.39 is 22.8 Å². The standard InChI is InChI=1S/C25H20N2O6/c1-33-22-11-10-18(27(31)32)13-17(22)14-21(25(29)30)26-24(28)23-19-8-4-2-6-15(19)12-16-7-3-5-9-20(16)23/h2-13,21H,14H2,1H3,(H,26,28)(H,29,30)/t21-/m1/s1. The van der Waals surface area contributed by atoms with Gasteiger partial charge in [0.15, 0.2) is 0 Å². The molecule has 4 rings (SSSR count). The van der Waals surface area contributed by atoms with Crippen LogP contribution in [0.3, 0.4) is 0 Å². The van der Waals surface area contributed by atoms with E-state index in [0.717, 1.165) is 10.8 Å². The maximum atomic E-state index is 13.4. The van der Waals surface area contributed by atoms with Crippen LogP contribution in [0.1, 0.15) is 15.9 Å². The number of nitrogens with one attached hydrogen (secondary N) is 1. The Labute approximate surface area is 188 Å². The molecule has 0 aromatic heterocycles. The number of carboxylic acids is 1. The highest BCUT2D eigenvalue weighted by molar-refractivity contribution is 6.18. The van der Waals surface area contributed by atoms with Crippen LogP contribution >= 0.6 is 0 Å². The summed E-state index contributed by atoms with van der Waals surface area (Å²) in [5.41, 5.74) is 0.490. The molecule has 0 radical (unpaired) electrons. The van der Waals surface area contributed by atoms with Crippen LogP contribution in [0.4, 0.5) is 5.69 Å². The second-order valence-corrected chi connectivity index (χ2v) is 7.52. The lowest BCUT2D eigenvalue weighted by atomic mass is 9.95. The number of carbonyl (C=O) groups excluding carboxylic acids is 1. The minimum absolute atomic E-state index is 0.186. The molecular weight excluding hydrogens is 424 g/mol. The number of fused-ring (bicyclic) bond motifs is 2. The number of hydrogen-bond donors (Lipinski definition) is 2. The molecule has 166 valence electrons. The average molecular weight is 444 g/mol. The van der Waals surface area contributed by atoms with E-state index in [9.17, 15) is 24.8 Å². The number of nitro benzene ring substituents is 1. The summed E-state index contributed by atoms with van der Waals surface area (Å²) in [6.45, 7) is 0. The molecule has 0 heterocycles. The summed E-state index contributed by atoms with van der Waals surface area (Å²) in [7, 11) is 1.39. The highest BCUT2D eigenvalue weighted by atomic mass is 16.6. The third-order valence-corrected chi connectivity index (χ3v) is 5.50. The van der Waals surface area contributed by atoms with Gasteiger partial charge in [0.05, 0.1) is 17.6 Å². The molecule has 0 saturated heterocycles. The second kappa shape index (κ2) is 8.96. The number of carboxylic acid groups (broad SMARTS) is 1. The number of ether oxygens (including phenoxy) is 1. The molecule has 33 heavy (non-hydrogen) atoms. The Bertz CT molecular complexity index is 1340. The molecule has 0 aliphatic rings. The van der Waals surface area contributed by atoms with Crippen molar-refractivity contribution < 1.29 is 24.4 Å². The summed E-state index contributed by atoms with van der Waals surface area (Å²) >= 11 is 0. The van der Waals surface area contributed by atoms with E-state index in [0.29, 0.717) is 27.6 Å². The van der Waals surface area contributed by atoms with Crippen LogP contribution in [0.15, 0.2) is 72.8 Å². The minimum atomic E-state index is -1.33. The van der Waals surface area contributed by atoms with Crippen molar-refractivity contribution in [2.75, 3.05) is 7.11 Å². The zero-order valence-electron chi connectivity index (χ0n) is 17.6. The number of non-ortho nitro benzene ring substituents is 1. The number of benzene rings is 4. The number of nitrogens with zero attached hydrogens (tertiary/aromatic N) is 1. The van der Waals surface area contributed by atoms with E-state index in [1.807, 2.05) is 54.6 Å². The van der Waals surface area contributed by atoms with Gasteiger partial charge in [0, 0.05) is 24.1 Å². The molecule has 0 fully saturated rings. The fraction of sp³-hybridized carbons (Fsp3) is 0.120. The number of carbonyl (C=O) groups is 2. The molecule has 4 aromatic rings. The number of methoxy groups -OCH3 is 1. The van der Waals surface area contributed by atoms with Crippen molar-refractivity contribution in [1.82, 2.24) is 5.32 Å². The first-order valence-corrected chi connectivity index (χ1v) is 10.1. The molecule has 8 heteroatoms. The van der Waals surface area contributed by atoms with E-state index in [-0.39, 0.29) is 12.1 Å². The molecule has 0 saturated carbocycles. The van der Waals surface area contributed by atoms with Gasteiger partial charge in [-0.15, -0.1) is 0 Å². The molecule has 0 unspecified atom stereocenters. The van der Waals surface area contributed by atoms with Crippen molar-refractivity contribution >= 4 is 39.1 Å². The molecule has 0 bridgehead atoms. The van der Waals surface area contributed by atoms with Gasteiger partial charge in [0.1, 0.15) is 11.8 Å². The number of amides is 1. The first kappa shape index (κ1) is 21.8. The zero-order valence-corrected chi connectivity index (χ0v) is 17.6. The SMILES string of the molecule is COc1ccc([N+](=O)[O-])cc1C[C@@H](NC(=O)c1c2ccccc2cc2ccccc12)C(=O)O. The van der Waals surface area contributed by atoms with Crippen molar-refractivity contribution in [3.63, 3.8) is 0 Å². The van der Waals surface area contributed by atoms with Crippen molar-refractivity contribution in [2.24, 2.45) is 0 Å². The highest BCUT2D eigenvalue weighted by Crippen LogP contribution is 2.29. The first-order chi connectivity index (χ1) is 15.9. The van der Waals surface area contributed by atoms with Crippen molar-refractivity contribution in [2.45, 2.75) is 12.5 Å². The van der Waals surface area contributed by atoms with Gasteiger partial charge in [-0.1, -0.05) is 48.5 Å². The fourth-order valence-corrected chi connectivity index (χ4v) is 3.95. The third-order valence-electron chi connectivity index (χ3n) is 5.50. The van der Waals surface area contributed by atoms with Crippen LogP contribution in [0.2, 0.25) is 0 Å². The van der Waals surface area contributed by atoms with Gasteiger partial charge < -0.3 is 15.2 Å². The topological polar surface area (TPSA) is 119 Å². The lowest BCUT2D eigenvalue weighted by Gasteiger charge is -2.18. The van der Waals surface area contributed by atoms with Gasteiger partial charge in [-0.2, -0.15) is 0 Å². The number of rotatable bonds is 7. The minimum Gasteiger partial charge on any atom is -0.496 e. The van der Waals surface area contributed by atoms with Crippen LogP contribution in [0.5, 0.6) is 5.75 Å². The van der Waals surface area contributed by atoms with Crippen LogP contribution < -0.4 is 10.1 Å². The van der Waals surface area contributed by atoms with E-state index in [1.54, 1.807) is 0 Å². The Kier molecular flexibility index (Phi) is 5.91. The molecular formula is C25H20N2O6. The van der Waals surface area contributed by atoms with Gasteiger partial charge in [0.2, 0.25) is 0 Å². The Morgan fingerprint density at radius 2 is 1.61 bits per heavy atom. The molecule has 2 N–H and O–H groups in total.